The summed E-state index contributed by atoms with van der Waals surface area (Å²) in [6.45, 7) is 0. The second kappa shape index (κ2) is 5.19. The monoisotopic (exact) mass is 274 g/mol. The Hall–Kier alpha value is -2.98. The van der Waals surface area contributed by atoms with E-state index in [-0.39, 0.29) is 6.04 Å². The molecule has 0 aliphatic heterocycles. The van der Waals surface area contributed by atoms with Crippen molar-refractivity contribution in [1.82, 2.24) is 0 Å². The Kier molecular flexibility index (Phi) is 3.22. The number of nitrogens with two attached hydrogens (primary N) is 1. The Balaban J connectivity index is 1.87. The molecule has 0 fully saturated rings. The summed E-state index contributed by atoms with van der Waals surface area (Å²) in [6, 6.07) is 15.6. The van der Waals surface area contributed by atoms with Crippen LogP contribution in [0.1, 0.15) is 34.7 Å². The van der Waals surface area contributed by atoms with Crippen molar-refractivity contribution in [2.45, 2.75) is 18.9 Å². The minimum absolute atomic E-state index is 0.222. The molecule has 0 saturated carbocycles. The molecule has 102 valence electrons. The van der Waals surface area contributed by atoms with Gasteiger partial charge in [-0.1, -0.05) is 6.07 Å². The van der Waals surface area contributed by atoms with Gasteiger partial charge in [-0.05, 0) is 54.3 Å². The van der Waals surface area contributed by atoms with Gasteiger partial charge in [0.1, 0.15) is 12.1 Å². The largest absolute Gasteiger partial charge is 0.399 e. The molecule has 0 saturated heterocycles. The predicted molar refractivity (Wildman–Crippen MR) is 81.4 cm³/mol. The van der Waals surface area contributed by atoms with Crippen molar-refractivity contribution in [2.75, 3.05) is 11.1 Å². The van der Waals surface area contributed by atoms with E-state index in [1.165, 1.54) is 11.1 Å². The quantitative estimate of drug-likeness (QED) is 0.824. The topological polar surface area (TPSA) is 85.6 Å². The highest BCUT2D eigenvalue weighted by Gasteiger charge is 2.22. The van der Waals surface area contributed by atoms with Gasteiger partial charge in [0.15, 0.2) is 0 Å². The highest BCUT2D eigenvalue weighted by Crippen LogP contribution is 2.35. The number of anilines is 2. The van der Waals surface area contributed by atoms with E-state index in [0.717, 1.165) is 24.2 Å². The fourth-order valence-electron chi connectivity index (χ4n) is 2.81. The molecule has 0 spiro atoms. The number of benzene rings is 2. The van der Waals surface area contributed by atoms with Crippen LogP contribution in [0.5, 0.6) is 0 Å². The van der Waals surface area contributed by atoms with Crippen LogP contribution in [0.25, 0.3) is 0 Å². The van der Waals surface area contributed by atoms with Crippen LogP contribution in [0.3, 0.4) is 0 Å². The Morgan fingerprint density at radius 2 is 1.86 bits per heavy atom. The molecular formula is C17H14N4. The van der Waals surface area contributed by atoms with Crippen LogP contribution in [-0.2, 0) is 6.42 Å². The number of rotatable bonds is 2. The fraction of sp³-hybridized carbons (Fsp3) is 0.176. The van der Waals surface area contributed by atoms with E-state index in [1.54, 1.807) is 12.1 Å². The van der Waals surface area contributed by atoms with Crippen LogP contribution in [0.15, 0.2) is 36.4 Å². The zero-order chi connectivity index (χ0) is 14.8. The second-order valence-corrected chi connectivity index (χ2v) is 5.18. The molecule has 0 radical (unpaired) electrons. The maximum Gasteiger partial charge on any atom is 0.101 e. The molecule has 2 aromatic carbocycles. The Morgan fingerprint density at radius 3 is 2.62 bits per heavy atom. The Labute approximate surface area is 123 Å². The van der Waals surface area contributed by atoms with Crippen molar-refractivity contribution >= 4 is 11.4 Å². The molecule has 0 amide bonds. The Morgan fingerprint density at radius 1 is 1.05 bits per heavy atom. The lowest BCUT2D eigenvalue weighted by atomic mass is 10.1. The van der Waals surface area contributed by atoms with Gasteiger partial charge in [0, 0.05) is 11.4 Å². The van der Waals surface area contributed by atoms with Gasteiger partial charge < -0.3 is 11.1 Å². The van der Waals surface area contributed by atoms with Gasteiger partial charge in [-0.3, -0.25) is 0 Å². The summed E-state index contributed by atoms with van der Waals surface area (Å²) in [5, 5.41) is 21.5. The molecule has 1 unspecified atom stereocenters. The number of hydrogen-bond acceptors (Lipinski definition) is 4. The van der Waals surface area contributed by atoms with E-state index in [4.69, 9.17) is 16.3 Å². The molecule has 1 aliphatic rings. The minimum atomic E-state index is 0.222. The van der Waals surface area contributed by atoms with Crippen molar-refractivity contribution in [3.05, 3.63) is 58.7 Å². The van der Waals surface area contributed by atoms with Gasteiger partial charge in [-0.15, -0.1) is 0 Å². The number of nitrogen functional groups attached to an aromatic ring is 1. The zero-order valence-electron chi connectivity index (χ0n) is 11.4. The summed E-state index contributed by atoms with van der Waals surface area (Å²) in [7, 11) is 0. The van der Waals surface area contributed by atoms with Crippen LogP contribution >= 0.6 is 0 Å². The van der Waals surface area contributed by atoms with Crippen LogP contribution in [0, 0.1) is 22.7 Å². The number of nitrogens with zero attached hydrogens (tertiary/aromatic N) is 2. The van der Waals surface area contributed by atoms with Gasteiger partial charge in [0.2, 0.25) is 0 Å². The first kappa shape index (κ1) is 13.0. The normalized spacial score (nSPS) is 15.8. The summed E-state index contributed by atoms with van der Waals surface area (Å²) in [5.41, 5.74) is 10.8. The van der Waals surface area contributed by atoms with Gasteiger partial charge >= 0.3 is 0 Å². The minimum Gasteiger partial charge on any atom is -0.399 e. The van der Waals surface area contributed by atoms with Crippen molar-refractivity contribution in [3.8, 4) is 12.1 Å². The summed E-state index contributed by atoms with van der Waals surface area (Å²) >= 11 is 0. The van der Waals surface area contributed by atoms with Crippen molar-refractivity contribution in [2.24, 2.45) is 0 Å². The third-order valence-corrected chi connectivity index (χ3v) is 3.85. The van der Waals surface area contributed by atoms with E-state index in [0.29, 0.717) is 11.1 Å². The maximum atomic E-state index is 9.08. The molecule has 3 N–H and O–H groups in total. The number of nitrogens with one attached hydrogen (secondary N) is 1. The molecule has 4 nitrogen and oxygen atoms in total. The van der Waals surface area contributed by atoms with E-state index in [9.17, 15) is 0 Å². The average Bonchev–Trinajstić information content (AvgIpc) is 2.89. The van der Waals surface area contributed by atoms with Gasteiger partial charge in [-0.25, -0.2) is 0 Å². The second-order valence-electron chi connectivity index (χ2n) is 5.18. The van der Waals surface area contributed by atoms with Crippen molar-refractivity contribution in [1.29, 1.82) is 10.5 Å². The third kappa shape index (κ3) is 2.40. The summed E-state index contributed by atoms with van der Waals surface area (Å²) < 4.78 is 0. The molecule has 3 rings (SSSR count). The molecule has 0 bridgehead atoms. The number of nitriles is 2. The highest BCUT2D eigenvalue weighted by molar-refractivity contribution is 5.58. The van der Waals surface area contributed by atoms with Crippen LogP contribution in [0.2, 0.25) is 0 Å². The SMILES string of the molecule is N#Cc1ccc(NC2CCc3cc(N)ccc32)cc1C#N. The summed E-state index contributed by atoms with van der Waals surface area (Å²) in [4.78, 5) is 0. The standard InChI is InChI=1S/C17H14N4/c18-9-12-1-4-15(8-13(12)10-19)21-17-6-2-11-7-14(20)3-5-16(11)17/h1,3-5,7-8,17,21H,2,6,20H2. The van der Waals surface area contributed by atoms with E-state index in [1.807, 2.05) is 24.3 Å². The molecule has 2 aromatic rings. The predicted octanol–water partition coefficient (Wildman–Crippen LogP) is 3.11. The Bertz CT molecular complexity index is 780. The fourth-order valence-corrected chi connectivity index (χ4v) is 2.81. The molecule has 1 atom stereocenters. The van der Waals surface area contributed by atoms with E-state index in [2.05, 4.69) is 17.5 Å². The molecule has 0 heterocycles. The smallest absolute Gasteiger partial charge is 0.101 e. The maximum absolute atomic E-state index is 9.08. The molecule has 0 aromatic heterocycles. The highest BCUT2D eigenvalue weighted by atomic mass is 14.9. The molecule has 21 heavy (non-hydrogen) atoms. The molecular weight excluding hydrogens is 260 g/mol. The molecule has 4 heteroatoms. The van der Waals surface area contributed by atoms with Gasteiger partial charge in [-0.2, -0.15) is 10.5 Å². The summed E-state index contributed by atoms with van der Waals surface area (Å²) in [6.07, 6.45) is 2.00. The first-order chi connectivity index (χ1) is 10.2. The molecule has 1 aliphatic carbocycles. The van der Waals surface area contributed by atoms with Crippen molar-refractivity contribution < 1.29 is 0 Å². The van der Waals surface area contributed by atoms with Crippen LogP contribution in [0.4, 0.5) is 11.4 Å². The summed E-state index contributed by atoms with van der Waals surface area (Å²) in [5.74, 6) is 0. The van der Waals surface area contributed by atoms with E-state index >= 15 is 0 Å². The first-order valence-electron chi connectivity index (χ1n) is 6.80. The van der Waals surface area contributed by atoms with Gasteiger partial charge in [0.05, 0.1) is 17.2 Å². The first-order valence-corrected chi connectivity index (χ1v) is 6.80. The number of aryl methyl sites for hydroxylation is 1. The van der Waals surface area contributed by atoms with Gasteiger partial charge in [0.25, 0.3) is 0 Å². The lowest BCUT2D eigenvalue weighted by Crippen LogP contribution is -2.07. The average molecular weight is 274 g/mol. The number of fused-ring (bicyclic) bond motifs is 1. The lowest BCUT2D eigenvalue weighted by molar-refractivity contribution is 0.762. The van der Waals surface area contributed by atoms with Crippen LogP contribution < -0.4 is 11.1 Å². The number of hydrogen-bond donors (Lipinski definition) is 2. The van der Waals surface area contributed by atoms with Crippen LogP contribution in [-0.4, -0.2) is 0 Å². The van der Waals surface area contributed by atoms with Crippen molar-refractivity contribution in [3.63, 3.8) is 0 Å². The third-order valence-electron chi connectivity index (χ3n) is 3.85. The zero-order valence-corrected chi connectivity index (χ0v) is 11.4. The lowest BCUT2D eigenvalue weighted by Gasteiger charge is -2.16. The van der Waals surface area contributed by atoms with E-state index < -0.39 is 0 Å².